The van der Waals surface area contributed by atoms with Gasteiger partial charge in [-0.3, -0.25) is 9.59 Å². The number of carbonyl (C=O) groups excluding carboxylic acids is 2. The van der Waals surface area contributed by atoms with Gasteiger partial charge in [-0.05, 0) is 26.7 Å². The third kappa shape index (κ3) is 5.29. The summed E-state index contributed by atoms with van der Waals surface area (Å²) >= 11 is 6.06. The SMILES string of the molecule is Cc1noc(C)c1CC(=O)N1CCC(NC(=O)O[C@@H]2CCN(c3cn[nH]c(=O)c3Cl)C2)CC1. The van der Waals surface area contributed by atoms with Crippen LogP contribution < -0.4 is 15.8 Å². The minimum Gasteiger partial charge on any atom is -0.444 e. The van der Waals surface area contributed by atoms with Crippen LogP contribution in [0.5, 0.6) is 0 Å². The zero-order valence-electron chi connectivity index (χ0n) is 18.6. The van der Waals surface area contributed by atoms with Crippen LogP contribution in [0, 0.1) is 13.8 Å². The van der Waals surface area contributed by atoms with Crippen LogP contribution in [0.15, 0.2) is 15.5 Å². The lowest BCUT2D eigenvalue weighted by Crippen LogP contribution is -2.47. The number of carbonyl (C=O) groups is 2. The highest BCUT2D eigenvalue weighted by molar-refractivity contribution is 6.33. The highest BCUT2D eigenvalue weighted by Gasteiger charge is 2.30. The second-order valence-electron chi connectivity index (χ2n) is 8.44. The number of halogens is 1. The number of nitrogens with one attached hydrogen (secondary N) is 2. The number of H-pyrrole nitrogens is 1. The van der Waals surface area contributed by atoms with Crippen molar-refractivity contribution >= 4 is 29.3 Å². The molecule has 2 saturated heterocycles. The fraction of sp³-hybridized carbons (Fsp3) is 0.571. The van der Waals surface area contributed by atoms with Crippen LogP contribution in [-0.2, 0) is 16.0 Å². The molecule has 2 N–H and O–H groups in total. The van der Waals surface area contributed by atoms with Gasteiger partial charge in [0.2, 0.25) is 5.91 Å². The number of aromatic amines is 1. The zero-order chi connectivity index (χ0) is 23.5. The number of hydrogen-bond acceptors (Lipinski definition) is 8. The molecule has 0 saturated carbocycles. The minimum absolute atomic E-state index is 0.0318. The normalized spacial score (nSPS) is 19.1. The molecule has 2 fully saturated rings. The molecule has 0 spiro atoms. The van der Waals surface area contributed by atoms with Crippen LogP contribution in [0.4, 0.5) is 10.5 Å². The van der Waals surface area contributed by atoms with E-state index in [9.17, 15) is 14.4 Å². The molecular formula is C21H27ClN6O5. The third-order valence-electron chi connectivity index (χ3n) is 6.22. The van der Waals surface area contributed by atoms with Gasteiger partial charge in [0.15, 0.2) is 0 Å². The van der Waals surface area contributed by atoms with E-state index < -0.39 is 11.7 Å². The molecule has 178 valence electrons. The standard InChI is InChI=1S/C21H27ClN6O5/c1-12-16(13(2)33-26-12)9-18(29)27-6-3-14(4-7-27)24-21(31)32-15-5-8-28(11-15)17-10-23-25-20(30)19(17)22/h10,14-15H,3-9,11H2,1-2H3,(H,24,31)(H,25,30)/t15-/m1/s1. The quantitative estimate of drug-likeness (QED) is 0.661. The summed E-state index contributed by atoms with van der Waals surface area (Å²) < 4.78 is 10.7. The van der Waals surface area contributed by atoms with Crippen molar-refractivity contribution in [3.05, 3.63) is 38.6 Å². The van der Waals surface area contributed by atoms with Gasteiger partial charge in [-0.25, -0.2) is 9.89 Å². The Morgan fingerprint density at radius 1 is 1.27 bits per heavy atom. The minimum atomic E-state index is -0.475. The molecule has 2 aromatic heterocycles. The smallest absolute Gasteiger partial charge is 0.407 e. The molecule has 0 bridgehead atoms. The van der Waals surface area contributed by atoms with E-state index in [1.807, 2.05) is 16.7 Å². The third-order valence-corrected chi connectivity index (χ3v) is 6.58. The van der Waals surface area contributed by atoms with Gasteiger partial charge < -0.3 is 24.4 Å². The van der Waals surface area contributed by atoms with Crippen LogP contribution in [0.3, 0.4) is 0 Å². The number of piperidine rings is 1. The molecule has 0 radical (unpaired) electrons. The van der Waals surface area contributed by atoms with Gasteiger partial charge in [0.1, 0.15) is 16.9 Å². The Hall–Kier alpha value is -3.08. The largest absolute Gasteiger partial charge is 0.444 e. The lowest BCUT2D eigenvalue weighted by atomic mass is 10.0. The maximum Gasteiger partial charge on any atom is 0.407 e. The average Bonchev–Trinajstić information content (AvgIpc) is 3.37. The number of ether oxygens (including phenoxy) is 1. The second-order valence-corrected chi connectivity index (χ2v) is 8.82. The molecule has 1 atom stereocenters. The summed E-state index contributed by atoms with van der Waals surface area (Å²) in [5.74, 6) is 0.701. The van der Waals surface area contributed by atoms with E-state index >= 15 is 0 Å². The van der Waals surface area contributed by atoms with Gasteiger partial charge in [-0.2, -0.15) is 5.10 Å². The van der Waals surface area contributed by atoms with Crippen molar-refractivity contribution < 1.29 is 18.8 Å². The predicted molar refractivity (Wildman–Crippen MR) is 119 cm³/mol. The first-order chi connectivity index (χ1) is 15.8. The number of aryl methyl sites for hydroxylation is 2. The second kappa shape index (κ2) is 9.82. The van der Waals surface area contributed by atoms with Crippen molar-refractivity contribution in [2.24, 2.45) is 0 Å². The fourth-order valence-corrected chi connectivity index (χ4v) is 4.49. The molecule has 11 nitrogen and oxygen atoms in total. The molecule has 4 heterocycles. The van der Waals surface area contributed by atoms with Crippen molar-refractivity contribution in [2.75, 3.05) is 31.1 Å². The van der Waals surface area contributed by atoms with Crippen LogP contribution in [-0.4, -0.2) is 70.6 Å². The van der Waals surface area contributed by atoms with Crippen molar-refractivity contribution in [3.8, 4) is 0 Å². The summed E-state index contributed by atoms with van der Waals surface area (Å²) in [6.07, 6.45) is 2.93. The van der Waals surface area contributed by atoms with Crippen molar-refractivity contribution in [3.63, 3.8) is 0 Å². The van der Waals surface area contributed by atoms with E-state index in [-0.39, 0.29) is 29.5 Å². The molecular weight excluding hydrogens is 452 g/mol. The molecule has 0 unspecified atom stereocenters. The first-order valence-corrected chi connectivity index (χ1v) is 11.3. The van der Waals surface area contributed by atoms with E-state index in [1.54, 1.807) is 6.92 Å². The van der Waals surface area contributed by atoms with Crippen LogP contribution in [0.25, 0.3) is 0 Å². The Morgan fingerprint density at radius 2 is 2.03 bits per heavy atom. The summed E-state index contributed by atoms with van der Waals surface area (Å²) in [5.41, 5.74) is 1.66. The molecule has 0 aromatic carbocycles. The predicted octanol–water partition coefficient (Wildman–Crippen LogP) is 1.57. The summed E-state index contributed by atoms with van der Waals surface area (Å²) in [4.78, 5) is 40.4. The summed E-state index contributed by atoms with van der Waals surface area (Å²) in [5, 5.41) is 12.9. The van der Waals surface area contributed by atoms with E-state index in [2.05, 4.69) is 20.7 Å². The Balaban J connectivity index is 1.21. The van der Waals surface area contributed by atoms with E-state index in [4.69, 9.17) is 20.9 Å². The molecule has 0 aliphatic carbocycles. The Kier molecular flexibility index (Phi) is 6.87. The number of anilines is 1. The van der Waals surface area contributed by atoms with Gasteiger partial charge >= 0.3 is 6.09 Å². The number of hydrogen-bond donors (Lipinski definition) is 2. The number of nitrogens with zero attached hydrogens (tertiary/aromatic N) is 4. The lowest BCUT2D eigenvalue weighted by Gasteiger charge is -2.32. The van der Waals surface area contributed by atoms with Crippen molar-refractivity contribution in [1.82, 2.24) is 25.6 Å². The number of aromatic nitrogens is 3. The molecule has 4 rings (SSSR count). The molecule has 2 aliphatic rings. The summed E-state index contributed by atoms with van der Waals surface area (Å²) in [6.45, 7) is 5.81. The van der Waals surface area contributed by atoms with E-state index in [0.717, 1.165) is 11.3 Å². The van der Waals surface area contributed by atoms with Crippen molar-refractivity contribution in [2.45, 2.75) is 51.7 Å². The van der Waals surface area contributed by atoms with E-state index in [0.29, 0.717) is 56.9 Å². The molecule has 12 heteroatoms. The monoisotopic (exact) mass is 478 g/mol. The first kappa shape index (κ1) is 23.1. The Labute approximate surface area is 195 Å². The number of rotatable bonds is 5. The van der Waals surface area contributed by atoms with Crippen LogP contribution >= 0.6 is 11.6 Å². The van der Waals surface area contributed by atoms with Gasteiger partial charge in [0.25, 0.3) is 5.56 Å². The highest BCUT2D eigenvalue weighted by Crippen LogP contribution is 2.26. The van der Waals surface area contributed by atoms with Gasteiger partial charge in [0.05, 0.1) is 30.5 Å². The Morgan fingerprint density at radius 3 is 2.73 bits per heavy atom. The fourth-order valence-electron chi connectivity index (χ4n) is 4.28. The zero-order valence-corrected chi connectivity index (χ0v) is 19.4. The molecule has 2 aliphatic heterocycles. The molecule has 2 amide bonds. The maximum absolute atomic E-state index is 12.6. The highest BCUT2D eigenvalue weighted by atomic mass is 35.5. The lowest BCUT2D eigenvalue weighted by molar-refractivity contribution is -0.131. The maximum atomic E-state index is 12.6. The number of amides is 2. The van der Waals surface area contributed by atoms with Crippen molar-refractivity contribution in [1.29, 1.82) is 0 Å². The van der Waals surface area contributed by atoms with Gasteiger partial charge in [-0.15, -0.1) is 0 Å². The van der Waals surface area contributed by atoms with Gasteiger partial charge in [0, 0.05) is 37.7 Å². The Bertz CT molecular complexity index is 1060. The van der Waals surface area contributed by atoms with E-state index in [1.165, 1.54) is 6.20 Å². The van der Waals surface area contributed by atoms with Crippen LogP contribution in [0.2, 0.25) is 5.02 Å². The molecule has 2 aromatic rings. The van der Waals surface area contributed by atoms with Crippen LogP contribution in [0.1, 0.15) is 36.3 Å². The summed E-state index contributed by atoms with van der Waals surface area (Å²) in [7, 11) is 0. The average molecular weight is 479 g/mol. The topological polar surface area (TPSA) is 134 Å². The summed E-state index contributed by atoms with van der Waals surface area (Å²) in [6, 6.07) is -0.0514. The number of alkyl carbamates (subject to hydrolysis) is 1. The molecule has 33 heavy (non-hydrogen) atoms. The van der Waals surface area contributed by atoms with Gasteiger partial charge in [-0.1, -0.05) is 16.8 Å². The first-order valence-electron chi connectivity index (χ1n) is 11.0. The number of likely N-dealkylation sites (tertiary alicyclic amines) is 1.